The van der Waals surface area contributed by atoms with Gasteiger partial charge in [0.15, 0.2) is 0 Å². The van der Waals surface area contributed by atoms with Crippen molar-refractivity contribution in [3.63, 3.8) is 0 Å². The van der Waals surface area contributed by atoms with Gasteiger partial charge in [-0.05, 0) is 38.1 Å². The van der Waals surface area contributed by atoms with Crippen molar-refractivity contribution in [3.05, 3.63) is 30.2 Å². The number of likely N-dealkylation sites (tertiary alicyclic amines) is 1. The zero-order valence-corrected chi connectivity index (χ0v) is 13.2. The zero-order chi connectivity index (χ0) is 16.2. The molecule has 1 saturated heterocycles. The van der Waals surface area contributed by atoms with Crippen molar-refractivity contribution in [1.29, 1.82) is 0 Å². The van der Waals surface area contributed by atoms with E-state index in [2.05, 4.69) is 15.2 Å². The van der Waals surface area contributed by atoms with Crippen molar-refractivity contribution in [3.8, 4) is 17.0 Å². The van der Waals surface area contributed by atoms with E-state index in [1.807, 2.05) is 0 Å². The Morgan fingerprint density at radius 1 is 1.30 bits per heavy atom. The van der Waals surface area contributed by atoms with Crippen molar-refractivity contribution in [2.45, 2.75) is 25.5 Å². The minimum atomic E-state index is -0.511. The third kappa shape index (κ3) is 3.86. The molecule has 2 aromatic rings. The molecular formula is C16H21FN4O2. The molecule has 0 aliphatic carbocycles. The van der Waals surface area contributed by atoms with Crippen LogP contribution in [0, 0.1) is 5.82 Å². The van der Waals surface area contributed by atoms with Crippen LogP contribution in [0.1, 0.15) is 12.8 Å². The Morgan fingerprint density at radius 2 is 2.09 bits per heavy atom. The van der Waals surface area contributed by atoms with Gasteiger partial charge in [0.2, 0.25) is 0 Å². The number of halogens is 1. The fourth-order valence-electron chi connectivity index (χ4n) is 2.88. The second kappa shape index (κ2) is 7.06. The summed E-state index contributed by atoms with van der Waals surface area (Å²) in [6.07, 6.45) is 3.52. The van der Waals surface area contributed by atoms with Crippen LogP contribution in [0.15, 0.2) is 24.4 Å². The van der Waals surface area contributed by atoms with Crippen LogP contribution in [0.25, 0.3) is 11.3 Å². The number of aliphatic hydroxyl groups excluding tert-OH is 1. The molecule has 1 unspecified atom stereocenters. The molecule has 7 heteroatoms. The quantitative estimate of drug-likeness (QED) is 0.875. The number of aliphatic hydroxyl groups is 1. The van der Waals surface area contributed by atoms with Gasteiger partial charge < -0.3 is 14.7 Å². The van der Waals surface area contributed by atoms with E-state index in [9.17, 15) is 9.50 Å². The summed E-state index contributed by atoms with van der Waals surface area (Å²) in [6, 6.07) is 4.61. The van der Waals surface area contributed by atoms with Gasteiger partial charge in [0.1, 0.15) is 17.3 Å². The molecule has 0 spiro atoms. The highest BCUT2D eigenvalue weighted by Crippen LogP contribution is 2.24. The summed E-state index contributed by atoms with van der Waals surface area (Å²) in [7, 11) is 1.49. The van der Waals surface area contributed by atoms with E-state index in [1.54, 1.807) is 23.0 Å². The Hall–Kier alpha value is -1.99. The first-order valence-electron chi connectivity index (χ1n) is 7.80. The summed E-state index contributed by atoms with van der Waals surface area (Å²) in [5.74, 6) is 0.0497. The lowest BCUT2D eigenvalue weighted by molar-refractivity contribution is 0.105. The summed E-state index contributed by atoms with van der Waals surface area (Å²) in [4.78, 5) is 2.24. The fourth-order valence-corrected chi connectivity index (χ4v) is 2.88. The van der Waals surface area contributed by atoms with Crippen LogP contribution in [0.4, 0.5) is 4.39 Å². The smallest absolute Gasteiger partial charge is 0.136 e. The highest BCUT2D eigenvalue weighted by Gasteiger charge is 2.17. The maximum atomic E-state index is 14.1. The number of nitrogens with zero attached hydrogens (tertiary/aromatic N) is 4. The largest absolute Gasteiger partial charge is 0.497 e. The first kappa shape index (κ1) is 15.9. The third-order valence-corrected chi connectivity index (χ3v) is 4.06. The highest BCUT2D eigenvalue weighted by atomic mass is 19.1. The Bertz CT molecular complexity index is 655. The lowest BCUT2D eigenvalue weighted by Gasteiger charge is -2.18. The van der Waals surface area contributed by atoms with Gasteiger partial charge in [-0.2, -0.15) is 0 Å². The third-order valence-electron chi connectivity index (χ3n) is 4.06. The van der Waals surface area contributed by atoms with E-state index in [0.29, 0.717) is 30.1 Å². The lowest BCUT2D eigenvalue weighted by atomic mass is 10.1. The number of hydrogen-bond acceptors (Lipinski definition) is 5. The Kier molecular flexibility index (Phi) is 4.88. The zero-order valence-electron chi connectivity index (χ0n) is 13.2. The monoisotopic (exact) mass is 320 g/mol. The number of aromatic nitrogens is 3. The second-order valence-electron chi connectivity index (χ2n) is 5.83. The molecule has 1 aromatic heterocycles. The fraction of sp³-hybridized carbons (Fsp3) is 0.500. The molecule has 124 valence electrons. The number of benzene rings is 1. The van der Waals surface area contributed by atoms with E-state index in [-0.39, 0.29) is 0 Å². The van der Waals surface area contributed by atoms with Crippen molar-refractivity contribution >= 4 is 0 Å². The van der Waals surface area contributed by atoms with E-state index in [0.717, 1.165) is 13.1 Å². The van der Waals surface area contributed by atoms with Crippen LogP contribution in [0.2, 0.25) is 0 Å². The molecule has 1 aromatic carbocycles. The predicted octanol–water partition coefficient (Wildman–Crippen LogP) is 1.55. The maximum Gasteiger partial charge on any atom is 0.136 e. The average molecular weight is 320 g/mol. The van der Waals surface area contributed by atoms with Crippen LogP contribution in [-0.2, 0) is 6.54 Å². The van der Waals surface area contributed by atoms with Crippen LogP contribution < -0.4 is 4.74 Å². The maximum absolute atomic E-state index is 14.1. The van der Waals surface area contributed by atoms with Crippen molar-refractivity contribution in [2.75, 3.05) is 26.7 Å². The van der Waals surface area contributed by atoms with Crippen molar-refractivity contribution in [1.82, 2.24) is 19.9 Å². The average Bonchev–Trinajstić information content (AvgIpc) is 3.19. The molecule has 1 aliphatic rings. The van der Waals surface area contributed by atoms with Crippen LogP contribution in [0.5, 0.6) is 5.75 Å². The molecule has 0 amide bonds. The molecule has 1 fully saturated rings. The molecular weight excluding hydrogens is 299 g/mol. The normalized spacial score (nSPS) is 16.7. The van der Waals surface area contributed by atoms with Crippen LogP contribution in [0.3, 0.4) is 0 Å². The predicted molar refractivity (Wildman–Crippen MR) is 83.6 cm³/mol. The van der Waals surface area contributed by atoms with E-state index in [1.165, 1.54) is 26.0 Å². The molecule has 2 heterocycles. The van der Waals surface area contributed by atoms with Gasteiger partial charge in [-0.25, -0.2) is 9.07 Å². The summed E-state index contributed by atoms with van der Waals surface area (Å²) in [5.41, 5.74) is 0.810. The molecule has 6 nitrogen and oxygen atoms in total. The Balaban J connectivity index is 1.65. The molecule has 23 heavy (non-hydrogen) atoms. The Morgan fingerprint density at radius 3 is 2.78 bits per heavy atom. The number of methoxy groups -OCH3 is 1. The number of β-amino-alcohol motifs (C(OH)–C–C–N with tert-alkyl or cyclic N) is 1. The highest BCUT2D eigenvalue weighted by molar-refractivity contribution is 5.59. The molecule has 3 rings (SSSR count). The van der Waals surface area contributed by atoms with Gasteiger partial charge in [0.25, 0.3) is 0 Å². The van der Waals surface area contributed by atoms with Crippen LogP contribution in [-0.4, -0.2) is 57.8 Å². The minimum absolute atomic E-state index is 0.348. The van der Waals surface area contributed by atoms with Gasteiger partial charge >= 0.3 is 0 Å². The molecule has 1 N–H and O–H groups in total. The molecule has 0 radical (unpaired) electrons. The summed E-state index contributed by atoms with van der Waals surface area (Å²) < 4.78 is 20.6. The lowest BCUT2D eigenvalue weighted by Crippen LogP contribution is -2.32. The van der Waals surface area contributed by atoms with Gasteiger partial charge in [-0.15, -0.1) is 5.10 Å². The SMILES string of the molecule is COc1ccc(-c2cn(CC(O)CN3CCCC3)nn2)c(F)c1. The summed E-state index contributed by atoms with van der Waals surface area (Å²) >= 11 is 0. The molecule has 1 aliphatic heterocycles. The number of ether oxygens (including phenoxy) is 1. The topological polar surface area (TPSA) is 63.4 Å². The summed E-state index contributed by atoms with van der Waals surface area (Å²) in [6.45, 7) is 3.06. The molecule has 0 bridgehead atoms. The van der Waals surface area contributed by atoms with E-state index >= 15 is 0 Å². The summed E-state index contributed by atoms with van der Waals surface area (Å²) in [5, 5.41) is 18.1. The van der Waals surface area contributed by atoms with Crippen molar-refractivity contribution < 1.29 is 14.2 Å². The van der Waals surface area contributed by atoms with E-state index in [4.69, 9.17) is 4.74 Å². The van der Waals surface area contributed by atoms with Crippen molar-refractivity contribution in [2.24, 2.45) is 0 Å². The Labute approximate surface area is 134 Å². The molecule has 1 atom stereocenters. The van der Waals surface area contributed by atoms with Crippen LogP contribution >= 0.6 is 0 Å². The van der Waals surface area contributed by atoms with Gasteiger partial charge in [0, 0.05) is 18.2 Å². The molecule has 0 saturated carbocycles. The van der Waals surface area contributed by atoms with Gasteiger partial charge in [-0.1, -0.05) is 5.21 Å². The standard InChI is InChI=1S/C16H21FN4O2/c1-23-13-4-5-14(15(17)8-13)16-11-21(19-18-16)10-12(22)9-20-6-2-3-7-20/h4-5,8,11-12,22H,2-3,6-7,9-10H2,1H3. The minimum Gasteiger partial charge on any atom is -0.497 e. The first-order valence-corrected chi connectivity index (χ1v) is 7.80. The second-order valence-corrected chi connectivity index (χ2v) is 5.83. The van der Waals surface area contributed by atoms with Gasteiger partial charge in [0.05, 0.1) is 26.0 Å². The van der Waals surface area contributed by atoms with Gasteiger partial charge in [-0.3, -0.25) is 0 Å². The number of rotatable bonds is 6. The first-order chi connectivity index (χ1) is 11.2. The van der Waals surface area contributed by atoms with E-state index < -0.39 is 11.9 Å². The number of hydrogen-bond donors (Lipinski definition) is 1.